The number of hydrogen-bond acceptors (Lipinski definition) is 7. The zero-order valence-corrected chi connectivity index (χ0v) is 17.7. The van der Waals surface area contributed by atoms with Crippen molar-refractivity contribution in [2.45, 2.75) is 25.8 Å². The highest BCUT2D eigenvalue weighted by molar-refractivity contribution is 6.07. The summed E-state index contributed by atoms with van der Waals surface area (Å²) >= 11 is 0. The number of pyridine rings is 3. The van der Waals surface area contributed by atoms with Crippen LogP contribution in [0.5, 0.6) is 5.88 Å². The van der Waals surface area contributed by atoms with Crippen LogP contribution in [0.25, 0.3) is 0 Å². The molecule has 2 N–H and O–H groups in total. The molecule has 0 saturated carbocycles. The van der Waals surface area contributed by atoms with Gasteiger partial charge in [0.15, 0.2) is 0 Å². The summed E-state index contributed by atoms with van der Waals surface area (Å²) in [5.74, 6) is 1.20. The van der Waals surface area contributed by atoms with Crippen molar-refractivity contribution in [2.75, 3.05) is 24.3 Å². The average Bonchev–Trinajstić information content (AvgIpc) is 2.77. The predicted molar refractivity (Wildman–Crippen MR) is 120 cm³/mol. The molecule has 0 spiro atoms. The van der Waals surface area contributed by atoms with Crippen molar-refractivity contribution in [1.82, 2.24) is 15.0 Å². The Balaban J connectivity index is 1.50. The highest BCUT2D eigenvalue weighted by atomic mass is 16.5. The van der Waals surface area contributed by atoms with E-state index in [2.05, 4.69) is 44.4 Å². The van der Waals surface area contributed by atoms with Gasteiger partial charge in [0.2, 0.25) is 5.88 Å². The van der Waals surface area contributed by atoms with Crippen molar-refractivity contribution in [3.05, 3.63) is 71.2 Å². The minimum Gasteiger partial charge on any atom is -0.481 e. The lowest BCUT2D eigenvalue weighted by Gasteiger charge is -2.27. The predicted octanol–water partition coefficient (Wildman–Crippen LogP) is 3.45. The van der Waals surface area contributed by atoms with E-state index < -0.39 is 0 Å². The third-order valence-corrected chi connectivity index (χ3v) is 5.12. The largest absolute Gasteiger partial charge is 0.481 e. The van der Waals surface area contributed by atoms with E-state index in [0.29, 0.717) is 29.6 Å². The quantitative estimate of drug-likeness (QED) is 0.638. The molecule has 8 heteroatoms. The SMILES string of the molecule is COc1cc(CNc2ncccc2C(=O)Nc2ccc3c(n2)C=NCC3(C)C)ccn1. The van der Waals surface area contributed by atoms with E-state index in [0.717, 1.165) is 23.4 Å². The van der Waals surface area contributed by atoms with E-state index in [-0.39, 0.29) is 11.3 Å². The molecule has 3 aromatic rings. The van der Waals surface area contributed by atoms with Crippen LogP contribution in [0.15, 0.2) is 53.8 Å². The number of methoxy groups -OCH3 is 1. The van der Waals surface area contributed by atoms with Crippen LogP contribution in [0.4, 0.5) is 11.6 Å². The minimum atomic E-state index is -0.289. The summed E-state index contributed by atoms with van der Waals surface area (Å²) in [4.78, 5) is 30.3. The molecule has 31 heavy (non-hydrogen) atoms. The number of ether oxygens (including phenoxy) is 1. The fourth-order valence-electron chi connectivity index (χ4n) is 3.43. The van der Waals surface area contributed by atoms with Crippen molar-refractivity contribution in [1.29, 1.82) is 0 Å². The van der Waals surface area contributed by atoms with Crippen LogP contribution >= 0.6 is 0 Å². The number of anilines is 2. The van der Waals surface area contributed by atoms with Crippen molar-refractivity contribution in [3.8, 4) is 5.88 Å². The van der Waals surface area contributed by atoms with Gasteiger partial charge in [0.25, 0.3) is 5.91 Å². The van der Waals surface area contributed by atoms with Gasteiger partial charge in [0.1, 0.15) is 11.6 Å². The Morgan fingerprint density at radius 3 is 2.87 bits per heavy atom. The molecule has 4 rings (SSSR count). The first-order chi connectivity index (χ1) is 15.0. The standard InChI is InChI=1S/C23H24N6O2/c1-23(2)14-24-13-18-17(23)6-7-19(28-18)29-22(30)16-5-4-9-26-21(16)27-12-15-8-10-25-20(11-15)31-3/h4-11,13H,12,14H2,1-3H3,(H,26,27)(H,28,29,30). The van der Waals surface area contributed by atoms with Crippen LogP contribution < -0.4 is 15.4 Å². The Morgan fingerprint density at radius 1 is 1.16 bits per heavy atom. The van der Waals surface area contributed by atoms with E-state index >= 15 is 0 Å². The van der Waals surface area contributed by atoms with Gasteiger partial charge in [-0.1, -0.05) is 19.9 Å². The van der Waals surface area contributed by atoms with E-state index in [1.54, 1.807) is 37.9 Å². The first kappa shape index (κ1) is 20.5. The van der Waals surface area contributed by atoms with Crippen LogP contribution in [0.2, 0.25) is 0 Å². The summed E-state index contributed by atoms with van der Waals surface area (Å²) in [6, 6.07) is 11.0. The molecule has 0 radical (unpaired) electrons. The van der Waals surface area contributed by atoms with Gasteiger partial charge in [-0.2, -0.15) is 0 Å². The normalized spacial score (nSPS) is 13.9. The first-order valence-electron chi connectivity index (χ1n) is 9.97. The third-order valence-electron chi connectivity index (χ3n) is 5.12. The summed E-state index contributed by atoms with van der Waals surface area (Å²) in [6.45, 7) is 5.46. The van der Waals surface area contributed by atoms with Gasteiger partial charge in [0, 0.05) is 43.2 Å². The van der Waals surface area contributed by atoms with Crippen molar-refractivity contribution in [3.63, 3.8) is 0 Å². The summed E-state index contributed by atoms with van der Waals surface area (Å²) in [7, 11) is 1.57. The molecule has 158 valence electrons. The summed E-state index contributed by atoms with van der Waals surface area (Å²) in [5, 5.41) is 6.08. The second-order valence-corrected chi connectivity index (χ2v) is 7.90. The molecule has 0 aliphatic carbocycles. The summed E-state index contributed by atoms with van der Waals surface area (Å²) in [6.07, 6.45) is 5.08. The van der Waals surface area contributed by atoms with Gasteiger partial charge in [-0.25, -0.2) is 15.0 Å². The zero-order valence-electron chi connectivity index (χ0n) is 17.7. The Labute approximate surface area is 180 Å². The molecule has 0 bridgehead atoms. The molecule has 1 aliphatic rings. The molecule has 0 unspecified atom stereocenters. The van der Waals surface area contributed by atoms with E-state index in [9.17, 15) is 4.79 Å². The number of fused-ring (bicyclic) bond motifs is 1. The lowest BCUT2D eigenvalue weighted by Crippen LogP contribution is -2.27. The van der Waals surface area contributed by atoms with Crippen LogP contribution in [0.1, 0.15) is 41.0 Å². The second-order valence-electron chi connectivity index (χ2n) is 7.90. The Morgan fingerprint density at radius 2 is 2.03 bits per heavy atom. The average molecular weight is 416 g/mol. The van der Waals surface area contributed by atoms with Gasteiger partial charge in [-0.05, 0) is 35.4 Å². The number of aliphatic imine (C=N–C) groups is 1. The fourth-order valence-corrected chi connectivity index (χ4v) is 3.43. The van der Waals surface area contributed by atoms with Crippen molar-refractivity contribution in [2.24, 2.45) is 4.99 Å². The smallest absolute Gasteiger partial charge is 0.260 e. The lowest BCUT2D eigenvalue weighted by atomic mass is 9.82. The molecular formula is C23H24N6O2. The number of aromatic nitrogens is 3. The molecule has 0 fully saturated rings. The molecule has 8 nitrogen and oxygen atoms in total. The molecular weight excluding hydrogens is 392 g/mol. The molecule has 0 saturated heterocycles. The Hall–Kier alpha value is -3.81. The number of carbonyl (C=O) groups is 1. The minimum absolute atomic E-state index is 0.0737. The number of nitrogens with zero attached hydrogens (tertiary/aromatic N) is 4. The maximum absolute atomic E-state index is 12.9. The van der Waals surface area contributed by atoms with E-state index in [4.69, 9.17) is 4.74 Å². The third kappa shape index (κ3) is 4.53. The molecule has 1 amide bonds. The second kappa shape index (κ2) is 8.51. The molecule has 0 aromatic carbocycles. The number of nitrogens with one attached hydrogen (secondary N) is 2. The number of carbonyl (C=O) groups excluding carboxylic acids is 1. The van der Waals surface area contributed by atoms with Gasteiger partial charge in [-0.15, -0.1) is 0 Å². The van der Waals surface area contributed by atoms with Crippen LogP contribution in [-0.4, -0.2) is 40.7 Å². The summed E-state index contributed by atoms with van der Waals surface area (Å²) < 4.78 is 5.15. The maximum atomic E-state index is 12.9. The highest BCUT2D eigenvalue weighted by Crippen LogP contribution is 2.29. The number of amides is 1. The van der Waals surface area contributed by atoms with Gasteiger partial charge in [-0.3, -0.25) is 9.79 Å². The van der Waals surface area contributed by atoms with Gasteiger partial charge in [0.05, 0.1) is 18.4 Å². The summed E-state index contributed by atoms with van der Waals surface area (Å²) in [5.41, 5.74) is 3.22. The Kier molecular flexibility index (Phi) is 5.62. The van der Waals surface area contributed by atoms with Crippen LogP contribution in [0, 0.1) is 0 Å². The van der Waals surface area contributed by atoms with Gasteiger partial charge >= 0.3 is 0 Å². The van der Waals surface area contributed by atoms with Gasteiger partial charge < -0.3 is 15.4 Å². The monoisotopic (exact) mass is 416 g/mol. The molecule has 0 atom stereocenters. The van der Waals surface area contributed by atoms with E-state index in [1.807, 2.05) is 24.3 Å². The van der Waals surface area contributed by atoms with Crippen LogP contribution in [-0.2, 0) is 12.0 Å². The number of rotatable bonds is 6. The topological polar surface area (TPSA) is 101 Å². The molecule has 4 heterocycles. The highest BCUT2D eigenvalue weighted by Gasteiger charge is 2.26. The first-order valence-corrected chi connectivity index (χ1v) is 9.97. The Bertz CT molecular complexity index is 1140. The maximum Gasteiger partial charge on any atom is 0.260 e. The van der Waals surface area contributed by atoms with Crippen molar-refractivity contribution < 1.29 is 9.53 Å². The van der Waals surface area contributed by atoms with Crippen LogP contribution in [0.3, 0.4) is 0 Å². The molecule has 3 aromatic heterocycles. The van der Waals surface area contributed by atoms with Crippen molar-refractivity contribution >= 4 is 23.8 Å². The molecule has 1 aliphatic heterocycles. The lowest BCUT2D eigenvalue weighted by molar-refractivity contribution is 0.102. The fraction of sp³-hybridized carbons (Fsp3) is 0.261. The van der Waals surface area contributed by atoms with E-state index in [1.165, 1.54) is 0 Å². The zero-order chi connectivity index (χ0) is 21.8. The number of hydrogen-bond donors (Lipinski definition) is 2.